The fraction of sp³-hybridized carbons (Fsp3) is 0.545. The van der Waals surface area contributed by atoms with Crippen molar-refractivity contribution in [2.75, 3.05) is 11.0 Å². The summed E-state index contributed by atoms with van der Waals surface area (Å²) in [5.41, 5.74) is 0.171. The Morgan fingerprint density at radius 1 is 1.56 bits per heavy atom. The highest BCUT2D eigenvalue weighted by Gasteiger charge is 2.19. The minimum absolute atomic E-state index is 0.0764. The number of aromatic nitrogens is 1. The Morgan fingerprint density at radius 3 is 2.83 bits per heavy atom. The van der Waals surface area contributed by atoms with Crippen molar-refractivity contribution in [2.24, 2.45) is 0 Å². The summed E-state index contributed by atoms with van der Waals surface area (Å²) in [6.45, 7) is 2.55. The van der Waals surface area contributed by atoms with Crippen LogP contribution in [0.4, 0.5) is 5.69 Å². The number of carbonyl (C=O) groups is 1. The van der Waals surface area contributed by atoms with Crippen LogP contribution < -0.4 is 0 Å². The van der Waals surface area contributed by atoms with Gasteiger partial charge in [0.05, 0.1) is 17.7 Å². The summed E-state index contributed by atoms with van der Waals surface area (Å²) in [5.74, 6) is -0.514. The van der Waals surface area contributed by atoms with Gasteiger partial charge < -0.3 is 9.30 Å². The zero-order chi connectivity index (χ0) is 13.5. The minimum Gasteiger partial charge on any atom is -0.461 e. The fourth-order valence-electron chi connectivity index (χ4n) is 1.53. The number of alkyl halides is 1. The largest absolute Gasteiger partial charge is 0.461 e. The lowest BCUT2D eigenvalue weighted by atomic mass is 10.3. The van der Waals surface area contributed by atoms with E-state index in [9.17, 15) is 14.9 Å². The van der Waals surface area contributed by atoms with Crippen LogP contribution in [-0.2, 0) is 11.3 Å². The Hall–Kier alpha value is -1.12. The standard InChI is InChI=1S/C11H15IN2O4/c1-2-18-11(15)10-7-9(14(16)17)8-13(10)6-4-3-5-12/h7-8H,2-6H2,1H3. The zero-order valence-electron chi connectivity index (χ0n) is 10.1. The van der Waals surface area contributed by atoms with Crippen LogP contribution in [-0.4, -0.2) is 26.5 Å². The van der Waals surface area contributed by atoms with E-state index in [1.165, 1.54) is 12.3 Å². The van der Waals surface area contributed by atoms with Crippen LogP contribution in [0.25, 0.3) is 0 Å². The van der Waals surface area contributed by atoms with Crippen LogP contribution in [0.2, 0.25) is 0 Å². The first-order valence-electron chi connectivity index (χ1n) is 5.67. The molecule has 1 aromatic heterocycles. The molecule has 0 N–H and O–H groups in total. The molecule has 0 amide bonds. The summed E-state index contributed by atoms with van der Waals surface area (Å²) in [4.78, 5) is 21.9. The van der Waals surface area contributed by atoms with Gasteiger partial charge in [0.25, 0.3) is 5.69 Å². The number of hydrogen-bond acceptors (Lipinski definition) is 4. The number of carbonyl (C=O) groups excluding carboxylic acids is 1. The number of nitro groups is 1. The Balaban J connectivity index is 2.90. The molecule has 0 radical (unpaired) electrons. The number of aryl methyl sites for hydroxylation is 1. The molecular weight excluding hydrogens is 351 g/mol. The summed E-state index contributed by atoms with van der Waals surface area (Å²) in [6, 6.07) is 1.27. The van der Waals surface area contributed by atoms with Gasteiger partial charge >= 0.3 is 5.97 Å². The van der Waals surface area contributed by atoms with Gasteiger partial charge in [0.2, 0.25) is 0 Å². The van der Waals surface area contributed by atoms with Crippen molar-refractivity contribution in [2.45, 2.75) is 26.3 Å². The van der Waals surface area contributed by atoms with E-state index in [1.54, 1.807) is 11.5 Å². The molecular formula is C11H15IN2O4. The van der Waals surface area contributed by atoms with Gasteiger partial charge in [-0.05, 0) is 24.2 Å². The lowest BCUT2D eigenvalue weighted by Crippen LogP contribution is -2.11. The molecule has 0 aromatic carbocycles. The molecule has 0 saturated carbocycles. The van der Waals surface area contributed by atoms with Crippen LogP contribution in [0.3, 0.4) is 0 Å². The summed E-state index contributed by atoms with van der Waals surface area (Å²) >= 11 is 2.27. The molecule has 0 aliphatic rings. The Labute approximate surface area is 119 Å². The van der Waals surface area contributed by atoms with Gasteiger partial charge in [-0.1, -0.05) is 22.6 Å². The summed E-state index contributed by atoms with van der Waals surface area (Å²) in [7, 11) is 0. The number of halogens is 1. The van der Waals surface area contributed by atoms with Gasteiger partial charge in [-0.2, -0.15) is 0 Å². The molecule has 1 rings (SSSR count). The third kappa shape index (κ3) is 3.97. The van der Waals surface area contributed by atoms with Gasteiger partial charge in [0, 0.05) is 12.6 Å². The number of esters is 1. The van der Waals surface area contributed by atoms with Crippen molar-refractivity contribution in [3.05, 3.63) is 28.1 Å². The third-order valence-corrected chi connectivity index (χ3v) is 3.12. The van der Waals surface area contributed by atoms with E-state index < -0.39 is 10.9 Å². The van der Waals surface area contributed by atoms with Crippen LogP contribution in [0, 0.1) is 10.1 Å². The molecule has 0 aliphatic carbocycles. The molecule has 0 atom stereocenters. The monoisotopic (exact) mass is 366 g/mol. The molecule has 0 bridgehead atoms. The van der Waals surface area contributed by atoms with Crippen molar-refractivity contribution >= 4 is 34.2 Å². The van der Waals surface area contributed by atoms with Gasteiger partial charge in [-0.3, -0.25) is 10.1 Å². The maximum absolute atomic E-state index is 11.7. The Bertz CT molecular complexity index is 431. The smallest absolute Gasteiger partial charge is 0.355 e. The summed E-state index contributed by atoms with van der Waals surface area (Å²) in [5, 5.41) is 10.7. The van der Waals surface area contributed by atoms with Crippen molar-refractivity contribution < 1.29 is 14.5 Å². The van der Waals surface area contributed by atoms with E-state index in [0.717, 1.165) is 17.3 Å². The van der Waals surface area contributed by atoms with E-state index in [-0.39, 0.29) is 18.0 Å². The van der Waals surface area contributed by atoms with Gasteiger partial charge in [0.1, 0.15) is 5.69 Å². The van der Waals surface area contributed by atoms with Crippen LogP contribution in [0.15, 0.2) is 12.3 Å². The summed E-state index contributed by atoms with van der Waals surface area (Å²) < 4.78 is 7.51. The maximum atomic E-state index is 11.7. The number of nitrogens with zero attached hydrogens (tertiary/aromatic N) is 2. The van der Waals surface area contributed by atoms with Gasteiger partial charge in [-0.25, -0.2) is 4.79 Å². The molecule has 100 valence electrons. The highest BCUT2D eigenvalue weighted by atomic mass is 127. The second-order valence-corrected chi connectivity index (χ2v) is 4.73. The topological polar surface area (TPSA) is 74.4 Å². The average molecular weight is 366 g/mol. The second-order valence-electron chi connectivity index (χ2n) is 3.65. The molecule has 6 nitrogen and oxygen atoms in total. The zero-order valence-corrected chi connectivity index (χ0v) is 12.3. The minimum atomic E-state index is -0.514. The summed E-state index contributed by atoms with van der Waals surface area (Å²) in [6.07, 6.45) is 3.27. The van der Waals surface area contributed by atoms with E-state index in [0.29, 0.717) is 6.54 Å². The predicted octanol–water partition coefficient (Wildman–Crippen LogP) is 2.79. The first kappa shape index (κ1) is 14.9. The SMILES string of the molecule is CCOC(=O)c1cc([N+](=O)[O-])cn1CCCCI. The lowest BCUT2D eigenvalue weighted by Gasteiger charge is -2.06. The lowest BCUT2D eigenvalue weighted by molar-refractivity contribution is -0.384. The molecule has 0 fully saturated rings. The van der Waals surface area contributed by atoms with E-state index in [1.807, 2.05) is 0 Å². The van der Waals surface area contributed by atoms with Crippen molar-refractivity contribution in [3.8, 4) is 0 Å². The van der Waals surface area contributed by atoms with E-state index in [4.69, 9.17) is 4.74 Å². The van der Waals surface area contributed by atoms with Crippen molar-refractivity contribution in [1.82, 2.24) is 4.57 Å². The molecule has 0 aliphatic heterocycles. The Kier molecular flexibility index (Phi) is 6.10. The molecule has 7 heteroatoms. The Morgan fingerprint density at radius 2 is 2.28 bits per heavy atom. The second kappa shape index (κ2) is 7.34. The first-order valence-corrected chi connectivity index (χ1v) is 7.20. The molecule has 0 saturated heterocycles. The maximum Gasteiger partial charge on any atom is 0.355 e. The van der Waals surface area contributed by atoms with Crippen LogP contribution >= 0.6 is 22.6 Å². The normalized spacial score (nSPS) is 10.3. The van der Waals surface area contributed by atoms with E-state index >= 15 is 0 Å². The van der Waals surface area contributed by atoms with E-state index in [2.05, 4.69) is 22.6 Å². The van der Waals surface area contributed by atoms with Crippen LogP contribution in [0.1, 0.15) is 30.3 Å². The molecule has 18 heavy (non-hydrogen) atoms. The molecule has 1 aromatic rings. The molecule has 0 spiro atoms. The van der Waals surface area contributed by atoms with Crippen molar-refractivity contribution in [3.63, 3.8) is 0 Å². The van der Waals surface area contributed by atoms with Crippen LogP contribution in [0.5, 0.6) is 0 Å². The average Bonchev–Trinajstić information content (AvgIpc) is 2.74. The van der Waals surface area contributed by atoms with Gasteiger partial charge in [0.15, 0.2) is 0 Å². The third-order valence-electron chi connectivity index (χ3n) is 2.36. The number of ether oxygens (including phenoxy) is 1. The molecule has 1 heterocycles. The quantitative estimate of drug-likeness (QED) is 0.186. The molecule has 0 unspecified atom stereocenters. The predicted molar refractivity (Wildman–Crippen MR) is 75.2 cm³/mol. The number of rotatable bonds is 7. The fourth-order valence-corrected chi connectivity index (χ4v) is 2.07. The highest BCUT2D eigenvalue weighted by molar-refractivity contribution is 14.1. The van der Waals surface area contributed by atoms with Gasteiger partial charge in [-0.15, -0.1) is 0 Å². The van der Waals surface area contributed by atoms with Crippen molar-refractivity contribution in [1.29, 1.82) is 0 Å². The highest BCUT2D eigenvalue weighted by Crippen LogP contribution is 2.18. The number of hydrogen-bond donors (Lipinski definition) is 0. The number of unbranched alkanes of at least 4 members (excludes halogenated alkanes) is 1. The first-order chi connectivity index (χ1) is 8.60.